The number of hydrogen-bond donors (Lipinski definition) is 1. The zero-order valence-electron chi connectivity index (χ0n) is 12.0. The van der Waals surface area contributed by atoms with Crippen molar-refractivity contribution in [2.45, 2.75) is 26.4 Å². The first-order valence-corrected chi connectivity index (χ1v) is 7.22. The van der Waals surface area contributed by atoms with Gasteiger partial charge in [0, 0.05) is 18.7 Å². The first-order valence-electron chi connectivity index (χ1n) is 7.22. The Bertz CT molecular complexity index is 749. The van der Waals surface area contributed by atoms with Gasteiger partial charge < -0.3 is 9.88 Å². The minimum absolute atomic E-state index is 0.192. The molecule has 1 N–H and O–H groups in total. The van der Waals surface area contributed by atoms with Crippen LogP contribution in [0, 0.1) is 5.82 Å². The minimum Gasteiger partial charge on any atom is -0.351 e. The number of hydrogen-bond acceptors (Lipinski definition) is 2. The number of nitrogens with zero attached hydrogens (tertiary/aromatic N) is 2. The average Bonchev–Trinajstić information content (AvgIpc) is 2.85. The van der Waals surface area contributed by atoms with E-state index in [2.05, 4.69) is 27.9 Å². The summed E-state index contributed by atoms with van der Waals surface area (Å²) in [4.78, 5) is 4.61. The predicted octanol–water partition coefficient (Wildman–Crippen LogP) is 4.20. The molecule has 3 rings (SSSR count). The molecule has 0 saturated carbocycles. The Balaban J connectivity index is 1.89. The van der Waals surface area contributed by atoms with E-state index < -0.39 is 0 Å². The van der Waals surface area contributed by atoms with Crippen molar-refractivity contribution in [2.24, 2.45) is 0 Å². The van der Waals surface area contributed by atoms with Crippen LogP contribution in [-0.4, -0.2) is 9.55 Å². The number of aromatic nitrogens is 2. The van der Waals surface area contributed by atoms with Crippen LogP contribution in [0.5, 0.6) is 0 Å². The fraction of sp³-hybridized carbons (Fsp3) is 0.235. The van der Waals surface area contributed by atoms with Crippen LogP contribution in [0.1, 0.15) is 18.9 Å². The van der Waals surface area contributed by atoms with Gasteiger partial charge in [-0.05, 0) is 24.6 Å². The maximum absolute atomic E-state index is 13.7. The van der Waals surface area contributed by atoms with Crippen LogP contribution in [0.25, 0.3) is 11.0 Å². The Morgan fingerprint density at radius 3 is 2.67 bits per heavy atom. The molecule has 0 amide bonds. The Kier molecular flexibility index (Phi) is 3.86. The third-order valence-electron chi connectivity index (χ3n) is 3.50. The highest BCUT2D eigenvalue weighted by Gasteiger charge is 2.10. The molecule has 1 heterocycles. The number of anilines is 1. The number of nitrogens with one attached hydrogen (secondary N) is 1. The van der Waals surface area contributed by atoms with Crippen molar-refractivity contribution in [2.75, 3.05) is 5.32 Å². The molecule has 0 bridgehead atoms. The van der Waals surface area contributed by atoms with E-state index in [-0.39, 0.29) is 5.82 Å². The molecule has 0 aliphatic rings. The molecule has 0 aliphatic carbocycles. The van der Waals surface area contributed by atoms with E-state index >= 15 is 0 Å². The second-order valence-corrected chi connectivity index (χ2v) is 5.02. The van der Waals surface area contributed by atoms with E-state index in [1.807, 2.05) is 24.3 Å². The molecular weight excluding hydrogens is 265 g/mol. The average molecular weight is 283 g/mol. The predicted molar refractivity (Wildman–Crippen MR) is 83.8 cm³/mol. The molecule has 0 fully saturated rings. The van der Waals surface area contributed by atoms with Crippen LogP contribution in [0.15, 0.2) is 48.5 Å². The number of rotatable bonds is 5. The van der Waals surface area contributed by atoms with E-state index in [9.17, 15) is 4.39 Å². The maximum atomic E-state index is 13.7. The molecule has 0 spiro atoms. The van der Waals surface area contributed by atoms with Crippen LogP contribution in [0.3, 0.4) is 0 Å². The molecule has 0 aliphatic heterocycles. The number of fused-ring (bicyclic) bond motifs is 1. The standard InChI is InChI=1S/C17H18FN3/c1-2-11-21-16-10-6-5-9-15(16)20-17(21)19-12-13-7-3-4-8-14(13)18/h3-10H,2,11-12H2,1H3,(H,19,20). The van der Waals surface area contributed by atoms with E-state index in [1.54, 1.807) is 12.1 Å². The van der Waals surface area contributed by atoms with Gasteiger partial charge >= 0.3 is 0 Å². The van der Waals surface area contributed by atoms with Gasteiger partial charge in [-0.25, -0.2) is 9.37 Å². The lowest BCUT2D eigenvalue weighted by Crippen LogP contribution is -2.08. The van der Waals surface area contributed by atoms with Gasteiger partial charge in [-0.3, -0.25) is 0 Å². The molecule has 108 valence electrons. The number of para-hydroxylation sites is 2. The van der Waals surface area contributed by atoms with Crippen molar-refractivity contribution in [1.82, 2.24) is 9.55 Å². The summed E-state index contributed by atoms with van der Waals surface area (Å²) in [6.07, 6.45) is 1.02. The highest BCUT2D eigenvalue weighted by Crippen LogP contribution is 2.20. The summed E-state index contributed by atoms with van der Waals surface area (Å²) < 4.78 is 15.8. The zero-order chi connectivity index (χ0) is 14.7. The first kappa shape index (κ1) is 13.6. The summed E-state index contributed by atoms with van der Waals surface area (Å²) in [5.41, 5.74) is 2.71. The Hall–Kier alpha value is -2.36. The van der Waals surface area contributed by atoms with Crippen LogP contribution in [0.2, 0.25) is 0 Å². The fourth-order valence-corrected chi connectivity index (χ4v) is 2.48. The number of benzene rings is 2. The highest BCUT2D eigenvalue weighted by atomic mass is 19.1. The molecule has 0 atom stereocenters. The lowest BCUT2D eigenvalue weighted by atomic mass is 10.2. The van der Waals surface area contributed by atoms with E-state index in [0.717, 1.165) is 29.9 Å². The van der Waals surface area contributed by atoms with Crippen molar-refractivity contribution in [3.05, 3.63) is 59.9 Å². The van der Waals surface area contributed by atoms with Gasteiger partial charge in [0.25, 0.3) is 0 Å². The van der Waals surface area contributed by atoms with Gasteiger partial charge in [0.2, 0.25) is 5.95 Å². The van der Waals surface area contributed by atoms with Crippen molar-refractivity contribution < 1.29 is 4.39 Å². The fourth-order valence-electron chi connectivity index (χ4n) is 2.48. The third kappa shape index (κ3) is 2.75. The van der Waals surface area contributed by atoms with E-state index in [4.69, 9.17) is 0 Å². The second-order valence-electron chi connectivity index (χ2n) is 5.02. The summed E-state index contributed by atoms with van der Waals surface area (Å²) in [7, 11) is 0. The number of aryl methyl sites for hydroxylation is 1. The molecule has 0 saturated heterocycles. The smallest absolute Gasteiger partial charge is 0.204 e. The lowest BCUT2D eigenvalue weighted by Gasteiger charge is -2.10. The molecule has 0 radical (unpaired) electrons. The van der Waals surface area contributed by atoms with Crippen molar-refractivity contribution >= 4 is 17.0 Å². The number of halogens is 1. The van der Waals surface area contributed by atoms with Gasteiger partial charge in [-0.15, -0.1) is 0 Å². The number of imidazole rings is 1. The Labute approximate surface area is 123 Å². The molecule has 4 heteroatoms. The molecular formula is C17H18FN3. The largest absolute Gasteiger partial charge is 0.351 e. The normalized spacial score (nSPS) is 11.0. The van der Waals surface area contributed by atoms with Gasteiger partial charge in [0.15, 0.2) is 0 Å². The topological polar surface area (TPSA) is 29.9 Å². The Morgan fingerprint density at radius 2 is 1.86 bits per heavy atom. The van der Waals surface area contributed by atoms with Gasteiger partial charge in [-0.2, -0.15) is 0 Å². The summed E-state index contributed by atoms with van der Waals surface area (Å²) >= 11 is 0. The van der Waals surface area contributed by atoms with Crippen molar-refractivity contribution in [3.8, 4) is 0 Å². The van der Waals surface area contributed by atoms with Crippen LogP contribution in [-0.2, 0) is 13.1 Å². The Morgan fingerprint density at radius 1 is 1.10 bits per heavy atom. The maximum Gasteiger partial charge on any atom is 0.204 e. The summed E-state index contributed by atoms with van der Waals surface area (Å²) in [5.74, 6) is 0.601. The summed E-state index contributed by atoms with van der Waals surface area (Å²) in [6, 6.07) is 14.9. The SMILES string of the molecule is CCCn1c(NCc2ccccc2F)nc2ccccc21. The molecule has 1 aromatic heterocycles. The highest BCUT2D eigenvalue weighted by molar-refractivity contribution is 5.78. The quantitative estimate of drug-likeness (QED) is 0.760. The molecule has 21 heavy (non-hydrogen) atoms. The first-order chi connectivity index (χ1) is 10.3. The van der Waals surface area contributed by atoms with Crippen LogP contribution < -0.4 is 5.32 Å². The van der Waals surface area contributed by atoms with Gasteiger partial charge in [0.1, 0.15) is 5.82 Å². The van der Waals surface area contributed by atoms with E-state index in [1.165, 1.54) is 6.07 Å². The second kappa shape index (κ2) is 5.95. The zero-order valence-corrected chi connectivity index (χ0v) is 12.0. The van der Waals surface area contributed by atoms with Gasteiger partial charge in [-0.1, -0.05) is 37.3 Å². The van der Waals surface area contributed by atoms with E-state index in [0.29, 0.717) is 12.1 Å². The van der Waals surface area contributed by atoms with Crippen molar-refractivity contribution in [1.29, 1.82) is 0 Å². The summed E-state index contributed by atoms with van der Waals surface area (Å²) in [6.45, 7) is 3.45. The lowest BCUT2D eigenvalue weighted by molar-refractivity contribution is 0.612. The third-order valence-corrected chi connectivity index (χ3v) is 3.50. The van der Waals surface area contributed by atoms with Crippen LogP contribution in [0.4, 0.5) is 10.3 Å². The molecule has 2 aromatic carbocycles. The van der Waals surface area contributed by atoms with Crippen LogP contribution >= 0.6 is 0 Å². The monoisotopic (exact) mass is 283 g/mol. The minimum atomic E-state index is -0.192. The molecule has 3 nitrogen and oxygen atoms in total. The van der Waals surface area contributed by atoms with Crippen molar-refractivity contribution in [3.63, 3.8) is 0 Å². The van der Waals surface area contributed by atoms with Gasteiger partial charge in [0.05, 0.1) is 11.0 Å². The summed E-state index contributed by atoms with van der Waals surface area (Å²) in [5, 5.41) is 3.26. The molecule has 3 aromatic rings. The molecule has 0 unspecified atom stereocenters.